The van der Waals surface area contributed by atoms with E-state index >= 15 is 0 Å². The number of hydrogen-bond donors (Lipinski definition) is 1. The summed E-state index contributed by atoms with van der Waals surface area (Å²) in [6.07, 6.45) is 0.733. The van der Waals surface area contributed by atoms with Crippen LogP contribution in [0.3, 0.4) is 0 Å². The topological polar surface area (TPSA) is 29.1 Å². The van der Waals surface area contributed by atoms with Gasteiger partial charge in [0.05, 0.1) is 0 Å². The van der Waals surface area contributed by atoms with Gasteiger partial charge in [0.1, 0.15) is 11.6 Å². The van der Waals surface area contributed by atoms with Gasteiger partial charge in [-0.25, -0.2) is 8.78 Å². The van der Waals surface area contributed by atoms with E-state index in [0.717, 1.165) is 31.2 Å². The first kappa shape index (κ1) is 10.2. The highest BCUT2D eigenvalue weighted by molar-refractivity contribution is 5.98. The molecule has 1 aliphatic rings. The van der Waals surface area contributed by atoms with E-state index in [4.69, 9.17) is 0 Å². The summed E-state index contributed by atoms with van der Waals surface area (Å²) < 4.78 is 25.7. The number of Topliss-reactive ketones (excluding diaryl/α,β-unsaturated/α-hetero) is 1. The maximum absolute atomic E-state index is 12.9. The van der Waals surface area contributed by atoms with Crippen molar-refractivity contribution in [1.82, 2.24) is 5.32 Å². The number of nitrogens with one attached hydrogen (secondary N) is 1. The Balaban J connectivity index is 2.24. The third-order valence-corrected chi connectivity index (χ3v) is 2.58. The Labute approximate surface area is 86.3 Å². The molecule has 0 amide bonds. The molecule has 1 aromatic carbocycles. The monoisotopic (exact) mass is 211 g/mol. The van der Waals surface area contributed by atoms with Crippen molar-refractivity contribution in [2.75, 3.05) is 13.1 Å². The fraction of sp³-hybridized carbons (Fsp3) is 0.364. The van der Waals surface area contributed by atoms with E-state index in [9.17, 15) is 13.6 Å². The molecule has 0 bridgehead atoms. The van der Waals surface area contributed by atoms with Crippen molar-refractivity contribution in [1.29, 1.82) is 0 Å². The summed E-state index contributed by atoms with van der Waals surface area (Å²) in [5.74, 6) is -1.74. The van der Waals surface area contributed by atoms with Gasteiger partial charge in [-0.15, -0.1) is 0 Å². The molecule has 0 aromatic heterocycles. The van der Waals surface area contributed by atoms with Crippen molar-refractivity contribution in [2.45, 2.75) is 6.42 Å². The van der Waals surface area contributed by atoms with Crippen LogP contribution in [0.15, 0.2) is 18.2 Å². The molecule has 1 atom stereocenters. The first-order chi connectivity index (χ1) is 7.16. The van der Waals surface area contributed by atoms with Crippen LogP contribution in [-0.4, -0.2) is 18.9 Å². The fourth-order valence-electron chi connectivity index (χ4n) is 1.81. The van der Waals surface area contributed by atoms with Crippen LogP contribution < -0.4 is 5.32 Å². The van der Waals surface area contributed by atoms with Gasteiger partial charge >= 0.3 is 0 Å². The van der Waals surface area contributed by atoms with Gasteiger partial charge in [0.2, 0.25) is 0 Å². The molecule has 1 saturated heterocycles. The summed E-state index contributed by atoms with van der Waals surface area (Å²) in [7, 11) is 0. The van der Waals surface area contributed by atoms with E-state index in [1.54, 1.807) is 0 Å². The number of rotatable bonds is 2. The first-order valence-electron chi connectivity index (χ1n) is 4.88. The lowest BCUT2D eigenvalue weighted by Gasteiger charge is -2.07. The number of carbonyl (C=O) groups is 1. The molecular formula is C11H11F2NO. The predicted molar refractivity (Wildman–Crippen MR) is 51.7 cm³/mol. The highest BCUT2D eigenvalue weighted by Gasteiger charge is 2.24. The van der Waals surface area contributed by atoms with Crippen LogP contribution in [0.25, 0.3) is 0 Å². The summed E-state index contributed by atoms with van der Waals surface area (Å²) in [6.45, 7) is 1.38. The molecule has 0 radical (unpaired) electrons. The second-order valence-corrected chi connectivity index (χ2v) is 3.71. The summed E-state index contributed by atoms with van der Waals surface area (Å²) in [5.41, 5.74) is 0.126. The number of benzene rings is 1. The van der Waals surface area contributed by atoms with Gasteiger partial charge in [-0.2, -0.15) is 0 Å². The highest BCUT2D eigenvalue weighted by atomic mass is 19.1. The van der Waals surface area contributed by atoms with Gasteiger partial charge in [-0.3, -0.25) is 4.79 Å². The van der Waals surface area contributed by atoms with Crippen LogP contribution in [0, 0.1) is 17.6 Å². The van der Waals surface area contributed by atoms with Crippen LogP contribution in [-0.2, 0) is 0 Å². The van der Waals surface area contributed by atoms with Gasteiger partial charge in [-0.05, 0) is 25.1 Å². The van der Waals surface area contributed by atoms with E-state index in [-0.39, 0.29) is 17.3 Å². The Morgan fingerprint density at radius 2 is 1.93 bits per heavy atom. The molecule has 0 saturated carbocycles. The number of carbonyl (C=O) groups excluding carboxylic acids is 1. The third-order valence-electron chi connectivity index (χ3n) is 2.58. The van der Waals surface area contributed by atoms with Gasteiger partial charge in [0, 0.05) is 24.1 Å². The van der Waals surface area contributed by atoms with E-state index in [1.807, 2.05) is 0 Å². The lowest BCUT2D eigenvalue weighted by molar-refractivity contribution is 0.0929. The normalized spacial score (nSPS) is 20.5. The zero-order chi connectivity index (χ0) is 10.8. The van der Waals surface area contributed by atoms with Crippen molar-refractivity contribution in [3.63, 3.8) is 0 Å². The molecule has 0 spiro atoms. The Hall–Kier alpha value is -1.29. The average molecular weight is 211 g/mol. The Morgan fingerprint density at radius 1 is 1.27 bits per heavy atom. The molecule has 4 heteroatoms. The van der Waals surface area contributed by atoms with Crippen LogP contribution in [0.2, 0.25) is 0 Å². The number of halogens is 2. The molecule has 15 heavy (non-hydrogen) atoms. The van der Waals surface area contributed by atoms with Crippen LogP contribution in [0.4, 0.5) is 8.78 Å². The molecule has 2 nitrogen and oxygen atoms in total. The van der Waals surface area contributed by atoms with E-state index < -0.39 is 11.6 Å². The van der Waals surface area contributed by atoms with Gasteiger partial charge in [0.25, 0.3) is 0 Å². The second kappa shape index (κ2) is 4.06. The lowest BCUT2D eigenvalue weighted by Crippen LogP contribution is -2.18. The average Bonchev–Trinajstić information content (AvgIpc) is 2.67. The van der Waals surface area contributed by atoms with Crippen molar-refractivity contribution in [2.24, 2.45) is 5.92 Å². The zero-order valence-electron chi connectivity index (χ0n) is 8.09. The Kier molecular flexibility index (Phi) is 2.77. The molecule has 1 N–H and O–H groups in total. The van der Waals surface area contributed by atoms with Crippen molar-refractivity contribution >= 4 is 5.78 Å². The van der Waals surface area contributed by atoms with Crippen LogP contribution in [0.1, 0.15) is 16.8 Å². The molecule has 1 aliphatic heterocycles. The zero-order valence-corrected chi connectivity index (χ0v) is 8.09. The van der Waals surface area contributed by atoms with Gasteiger partial charge in [0.15, 0.2) is 5.78 Å². The van der Waals surface area contributed by atoms with Crippen molar-refractivity contribution in [3.8, 4) is 0 Å². The molecule has 1 fully saturated rings. The van der Waals surface area contributed by atoms with E-state index in [2.05, 4.69) is 5.32 Å². The Morgan fingerprint density at radius 3 is 2.47 bits per heavy atom. The molecule has 0 aliphatic carbocycles. The predicted octanol–water partition coefficient (Wildman–Crippen LogP) is 1.76. The highest BCUT2D eigenvalue weighted by Crippen LogP contribution is 2.17. The van der Waals surface area contributed by atoms with Crippen molar-refractivity contribution < 1.29 is 13.6 Å². The van der Waals surface area contributed by atoms with Crippen LogP contribution >= 0.6 is 0 Å². The SMILES string of the molecule is O=C(c1cc(F)cc(F)c1)C1CCNC1. The second-order valence-electron chi connectivity index (χ2n) is 3.71. The summed E-state index contributed by atoms with van der Waals surface area (Å²) in [5, 5.41) is 3.04. The first-order valence-corrected chi connectivity index (χ1v) is 4.88. The van der Waals surface area contributed by atoms with Gasteiger partial charge in [-0.1, -0.05) is 0 Å². The molecular weight excluding hydrogens is 200 g/mol. The minimum absolute atomic E-state index is 0.126. The van der Waals surface area contributed by atoms with Crippen molar-refractivity contribution in [3.05, 3.63) is 35.4 Å². The minimum Gasteiger partial charge on any atom is -0.316 e. The largest absolute Gasteiger partial charge is 0.316 e. The van der Waals surface area contributed by atoms with E-state index in [0.29, 0.717) is 6.54 Å². The molecule has 2 rings (SSSR count). The maximum atomic E-state index is 12.9. The summed E-state index contributed by atoms with van der Waals surface area (Å²) >= 11 is 0. The smallest absolute Gasteiger partial charge is 0.167 e. The Bertz CT molecular complexity index is 366. The number of ketones is 1. The summed E-state index contributed by atoms with van der Waals surface area (Å²) in [6, 6.07) is 2.94. The lowest BCUT2D eigenvalue weighted by atomic mass is 9.97. The third kappa shape index (κ3) is 2.21. The van der Waals surface area contributed by atoms with E-state index in [1.165, 1.54) is 0 Å². The summed E-state index contributed by atoms with van der Waals surface area (Å²) in [4.78, 5) is 11.8. The fourth-order valence-corrected chi connectivity index (χ4v) is 1.81. The maximum Gasteiger partial charge on any atom is 0.167 e. The van der Waals surface area contributed by atoms with Gasteiger partial charge < -0.3 is 5.32 Å². The molecule has 80 valence electrons. The standard InChI is InChI=1S/C11H11F2NO/c12-9-3-8(4-10(13)5-9)11(15)7-1-2-14-6-7/h3-5,7,14H,1-2,6H2. The number of hydrogen-bond acceptors (Lipinski definition) is 2. The van der Waals surface area contributed by atoms with Crippen LogP contribution in [0.5, 0.6) is 0 Å². The molecule has 1 heterocycles. The minimum atomic E-state index is -0.704. The quantitative estimate of drug-likeness (QED) is 0.755. The molecule has 1 aromatic rings. The molecule has 1 unspecified atom stereocenters.